The molecule has 1 atom stereocenters. The van der Waals surface area contributed by atoms with Crippen molar-refractivity contribution in [1.29, 1.82) is 0 Å². The van der Waals surface area contributed by atoms with Gasteiger partial charge in [-0.3, -0.25) is 4.79 Å². The average molecular weight is 353 g/mol. The molecule has 134 valence electrons. The molecule has 0 bridgehead atoms. The van der Waals surface area contributed by atoms with E-state index in [-0.39, 0.29) is 17.9 Å². The van der Waals surface area contributed by atoms with Gasteiger partial charge in [0.1, 0.15) is 0 Å². The van der Waals surface area contributed by atoms with Crippen molar-refractivity contribution < 1.29 is 13.2 Å². The zero-order chi connectivity index (χ0) is 17.7. The smallest absolute Gasteiger partial charge is 0.243 e. The molecule has 1 aliphatic heterocycles. The van der Waals surface area contributed by atoms with E-state index in [4.69, 9.17) is 0 Å². The Kier molecular flexibility index (Phi) is 6.40. The lowest BCUT2D eigenvalue weighted by atomic mass is 9.94. The third-order valence-electron chi connectivity index (χ3n) is 4.42. The van der Waals surface area contributed by atoms with Crippen LogP contribution < -0.4 is 5.32 Å². The molecule has 1 aromatic rings. The number of aryl methyl sites for hydroxylation is 1. The van der Waals surface area contributed by atoms with Gasteiger partial charge in [-0.05, 0) is 57.6 Å². The van der Waals surface area contributed by atoms with Crippen LogP contribution in [0.1, 0.15) is 45.1 Å². The summed E-state index contributed by atoms with van der Waals surface area (Å²) in [7, 11) is -3.45. The number of carbonyl (C=O) groups is 1. The lowest BCUT2D eigenvalue weighted by Gasteiger charge is -2.32. The number of piperidine rings is 1. The molecule has 1 unspecified atom stereocenters. The minimum absolute atomic E-state index is 0.0453. The number of rotatable bonds is 6. The van der Waals surface area contributed by atoms with Crippen LogP contribution in [0.3, 0.4) is 0 Å². The normalized spacial score (nSPS) is 19.4. The fourth-order valence-electron chi connectivity index (χ4n) is 3.20. The minimum atomic E-state index is -3.45. The van der Waals surface area contributed by atoms with Crippen molar-refractivity contribution in [3.8, 4) is 0 Å². The van der Waals surface area contributed by atoms with E-state index in [1.54, 1.807) is 16.4 Å². The van der Waals surface area contributed by atoms with Gasteiger partial charge in [-0.1, -0.05) is 18.2 Å². The molecule has 2 rings (SSSR count). The summed E-state index contributed by atoms with van der Waals surface area (Å²) in [6.07, 6.45) is 3.02. The first-order valence-corrected chi connectivity index (χ1v) is 10.1. The van der Waals surface area contributed by atoms with Crippen molar-refractivity contribution >= 4 is 15.9 Å². The topological polar surface area (TPSA) is 66.5 Å². The summed E-state index contributed by atoms with van der Waals surface area (Å²) in [5.41, 5.74) is 0.774. The van der Waals surface area contributed by atoms with Crippen molar-refractivity contribution in [3.63, 3.8) is 0 Å². The molecule has 0 aliphatic carbocycles. The quantitative estimate of drug-likeness (QED) is 0.856. The Bertz CT molecular complexity index is 671. The van der Waals surface area contributed by atoms with E-state index in [0.717, 1.165) is 24.8 Å². The summed E-state index contributed by atoms with van der Waals surface area (Å²) >= 11 is 0. The minimum Gasteiger partial charge on any atom is -0.354 e. The second kappa shape index (κ2) is 8.12. The first kappa shape index (κ1) is 18.9. The summed E-state index contributed by atoms with van der Waals surface area (Å²) in [6, 6.07) is 7.24. The number of benzene rings is 1. The van der Waals surface area contributed by atoms with Gasteiger partial charge in [0.2, 0.25) is 15.9 Å². The van der Waals surface area contributed by atoms with Gasteiger partial charge in [0.25, 0.3) is 0 Å². The predicted molar refractivity (Wildman–Crippen MR) is 95.2 cm³/mol. The molecule has 0 saturated carbocycles. The van der Waals surface area contributed by atoms with Gasteiger partial charge in [-0.2, -0.15) is 4.31 Å². The molecule has 0 radical (unpaired) electrons. The Morgan fingerprint density at radius 1 is 1.33 bits per heavy atom. The van der Waals surface area contributed by atoms with Crippen molar-refractivity contribution in [1.82, 2.24) is 9.62 Å². The van der Waals surface area contributed by atoms with Crippen LogP contribution >= 0.6 is 0 Å². The zero-order valence-electron chi connectivity index (χ0n) is 14.8. The molecule has 5 nitrogen and oxygen atoms in total. The van der Waals surface area contributed by atoms with Crippen LogP contribution in [0.15, 0.2) is 29.2 Å². The molecule has 1 aromatic carbocycles. The van der Waals surface area contributed by atoms with Crippen LogP contribution in [0, 0.1) is 12.8 Å². The van der Waals surface area contributed by atoms with Crippen LogP contribution in [0.25, 0.3) is 0 Å². The molecular weight excluding hydrogens is 324 g/mol. The predicted octanol–water partition coefficient (Wildman–Crippen LogP) is 2.70. The van der Waals surface area contributed by atoms with Gasteiger partial charge < -0.3 is 5.32 Å². The second-order valence-corrected chi connectivity index (χ2v) is 8.80. The monoisotopic (exact) mass is 352 g/mol. The number of nitrogens with one attached hydrogen (secondary N) is 1. The van der Waals surface area contributed by atoms with Crippen LogP contribution in [0.4, 0.5) is 0 Å². The van der Waals surface area contributed by atoms with Gasteiger partial charge in [-0.25, -0.2) is 8.42 Å². The Hall–Kier alpha value is -1.40. The molecule has 6 heteroatoms. The van der Waals surface area contributed by atoms with Gasteiger partial charge in [0.05, 0.1) is 4.90 Å². The van der Waals surface area contributed by atoms with E-state index in [1.807, 2.05) is 32.9 Å². The SMILES string of the molecule is Cc1ccccc1S(=O)(=O)N1CCCC(CCC(=O)NC(C)C)C1. The van der Waals surface area contributed by atoms with Crippen LogP contribution in [-0.4, -0.2) is 37.8 Å². The third kappa shape index (κ3) is 4.80. The summed E-state index contributed by atoms with van der Waals surface area (Å²) in [6.45, 7) is 6.77. The lowest BCUT2D eigenvalue weighted by Crippen LogP contribution is -2.40. The maximum absolute atomic E-state index is 12.9. The molecule has 1 saturated heterocycles. The molecule has 24 heavy (non-hydrogen) atoms. The zero-order valence-corrected chi connectivity index (χ0v) is 15.6. The standard InChI is InChI=1S/C18H28N2O3S/c1-14(2)19-18(21)11-10-16-8-6-12-20(13-16)24(22,23)17-9-5-4-7-15(17)3/h4-5,7,9,14,16H,6,8,10-13H2,1-3H3,(H,19,21). The molecule has 1 amide bonds. The van der Waals surface area contributed by atoms with E-state index in [9.17, 15) is 13.2 Å². The van der Waals surface area contributed by atoms with Gasteiger partial charge in [0, 0.05) is 25.6 Å². The molecule has 1 N–H and O–H groups in total. The van der Waals surface area contributed by atoms with E-state index >= 15 is 0 Å². The Labute approximate surface area is 145 Å². The molecule has 0 aromatic heterocycles. The van der Waals surface area contributed by atoms with Crippen LogP contribution in [0.2, 0.25) is 0 Å². The van der Waals surface area contributed by atoms with Crippen molar-refractivity contribution in [2.45, 2.75) is 57.4 Å². The maximum atomic E-state index is 12.9. The van der Waals surface area contributed by atoms with Crippen molar-refractivity contribution in [2.24, 2.45) is 5.92 Å². The number of sulfonamides is 1. The van der Waals surface area contributed by atoms with Crippen LogP contribution in [-0.2, 0) is 14.8 Å². The Morgan fingerprint density at radius 3 is 2.71 bits per heavy atom. The van der Waals surface area contributed by atoms with Gasteiger partial charge in [0.15, 0.2) is 0 Å². The van der Waals surface area contributed by atoms with Gasteiger partial charge in [-0.15, -0.1) is 0 Å². The van der Waals surface area contributed by atoms with Crippen molar-refractivity contribution in [3.05, 3.63) is 29.8 Å². The summed E-state index contributed by atoms with van der Waals surface area (Å²) in [5.74, 6) is 0.291. The van der Waals surface area contributed by atoms with Crippen LogP contribution in [0.5, 0.6) is 0 Å². The molecule has 1 heterocycles. The fraction of sp³-hybridized carbons (Fsp3) is 0.611. The van der Waals surface area contributed by atoms with Gasteiger partial charge >= 0.3 is 0 Å². The second-order valence-electron chi connectivity index (χ2n) is 6.90. The summed E-state index contributed by atoms with van der Waals surface area (Å²) < 4.78 is 27.4. The van der Waals surface area contributed by atoms with E-state index in [0.29, 0.717) is 24.4 Å². The fourth-order valence-corrected chi connectivity index (χ4v) is 4.98. The highest BCUT2D eigenvalue weighted by molar-refractivity contribution is 7.89. The van der Waals surface area contributed by atoms with E-state index < -0.39 is 10.0 Å². The summed E-state index contributed by atoms with van der Waals surface area (Å²) in [5, 5.41) is 2.89. The first-order chi connectivity index (χ1) is 11.3. The third-order valence-corrected chi connectivity index (χ3v) is 6.45. The molecule has 1 aliphatic rings. The average Bonchev–Trinajstić information content (AvgIpc) is 2.53. The Balaban J connectivity index is 2.00. The first-order valence-electron chi connectivity index (χ1n) is 8.66. The number of carbonyl (C=O) groups excluding carboxylic acids is 1. The molecule has 0 spiro atoms. The molecular formula is C18H28N2O3S. The highest BCUT2D eigenvalue weighted by atomic mass is 32.2. The largest absolute Gasteiger partial charge is 0.354 e. The van der Waals surface area contributed by atoms with Crippen molar-refractivity contribution in [2.75, 3.05) is 13.1 Å². The maximum Gasteiger partial charge on any atom is 0.243 e. The molecule has 1 fully saturated rings. The number of hydrogen-bond donors (Lipinski definition) is 1. The number of nitrogens with zero attached hydrogens (tertiary/aromatic N) is 1. The highest BCUT2D eigenvalue weighted by Gasteiger charge is 2.31. The highest BCUT2D eigenvalue weighted by Crippen LogP contribution is 2.27. The summed E-state index contributed by atoms with van der Waals surface area (Å²) in [4.78, 5) is 12.2. The Morgan fingerprint density at radius 2 is 2.04 bits per heavy atom. The lowest BCUT2D eigenvalue weighted by molar-refractivity contribution is -0.121. The van der Waals surface area contributed by atoms with E-state index in [1.165, 1.54) is 0 Å². The number of amides is 1. The van der Waals surface area contributed by atoms with E-state index in [2.05, 4.69) is 5.32 Å². The number of hydrogen-bond acceptors (Lipinski definition) is 3.